The minimum Gasteiger partial charge on any atom is -0.494 e. The van der Waals surface area contributed by atoms with Gasteiger partial charge < -0.3 is 14.2 Å². The Morgan fingerprint density at radius 1 is 1.16 bits per heavy atom. The second kappa shape index (κ2) is 11.1. The number of nitrogens with zero attached hydrogens (tertiary/aromatic N) is 4. The Balaban J connectivity index is 1.65. The fourth-order valence-electron chi connectivity index (χ4n) is 3.29. The van der Waals surface area contributed by atoms with E-state index >= 15 is 0 Å². The van der Waals surface area contributed by atoms with Crippen molar-refractivity contribution in [1.29, 1.82) is 5.26 Å². The second-order valence-corrected chi connectivity index (χ2v) is 7.67. The second-order valence-electron chi connectivity index (χ2n) is 7.67. The van der Waals surface area contributed by atoms with Crippen LogP contribution in [0.3, 0.4) is 0 Å². The van der Waals surface area contributed by atoms with Gasteiger partial charge in [0.1, 0.15) is 5.75 Å². The van der Waals surface area contributed by atoms with Crippen molar-refractivity contribution in [2.75, 3.05) is 18.1 Å². The lowest BCUT2D eigenvalue weighted by Crippen LogP contribution is -2.32. The first kappa shape index (κ1) is 23.0. The van der Waals surface area contributed by atoms with Crippen LogP contribution in [0.5, 0.6) is 5.75 Å². The summed E-state index contributed by atoms with van der Waals surface area (Å²) in [6.45, 7) is 7.10. The monoisotopic (exact) mass is 432 g/mol. The molecular formula is C25H28N4O3. The van der Waals surface area contributed by atoms with Crippen molar-refractivity contribution in [1.82, 2.24) is 10.1 Å². The van der Waals surface area contributed by atoms with E-state index in [1.165, 1.54) is 5.56 Å². The number of carbonyl (C=O) groups excluding carboxylic acids is 1. The summed E-state index contributed by atoms with van der Waals surface area (Å²) < 4.78 is 10.8. The average molecular weight is 433 g/mol. The number of ether oxygens (including phenoxy) is 1. The van der Waals surface area contributed by atoms with Crippen LogP contribution < -0.4 is 9.64 Å². The predicted molar refractivity (Wildman–Crippen MR) is 122 cm³/mol. The van der Waals surface area contributed by atoms with Crippen LogP contribution in [0, 0.1) is 11.3 Å². The highest BCUT2D eigenvalue weighted by Crippen LogP contribution is 2.23. The van der Waals surface area contributed by atoms with Gasteiger partial charge in [-0.05, 0) is 42.7 Å². The van der Waals surface area contributed by atoms with Gasteiger partial charge in [0.15, 0.2) is 0 Å². The van der Waals surface area contributed by atoms with Crippen LogP contribution in [0.4, 0.5) is 5.69 Å². The summed E-state index contributed by atoms with van der Waals surface area (Å²) in [6.07, 6.45) is 0.776. The van der Waals surface area contributed by atoms with E-state index in [1.807, 2.05) is 43.3 Å². The Morgan fingerprint density at radius 2 is 1.88 bits per heavy atom. The molecule has 0 unspecified atom stereocenters. The fraction of sp³-hybridized carbons (Fsp3) is 0.360. The number of aromatic nitrogens is 2. The summed E-state index contributed by atoms with van der Waals surface area (Å²) in [4.78, 5) is 19.0. The lowest BCUT2D eigenvalue weighted by Gasteiger charge is -2.22. The van der Waals surface area contributed by atoms with Gasteiger partial charge in [0.2, 0.25) is 17.6 Å². The first-order chi connectivity index (χ1) is 15.5. The van der Waals surface area contributed by atoms with Gasteiger partial charge in [-0.1, -0.05) is 43.3 Å². The summed E-state index contributed by atoms with van der Waals surface area (Å²) in [5.74, 6) is 2.01. The molecule has 166 valence electrons. The van der Waals surface area contributed by atoms with Crippen molar-refractivity contribution in [3.05, 3.63) is 60.0 Å². The minimum absolute atomic E-state index is 0.106. The molecule has 0 radical (unpaired) electrons. The summed E-state index contributed by atoms with van der Waals surface area (Å²) >= 11 is 0. The standard InChI is InChI=1S/C25H28N4O3/c1-4-31-22-12-10-21(11-13-22)29(17-5-16-26)24(30)15-14-23-27-25(28-32-23)20-8-6-19(7-9-20)18(2)3/h6-13,18H,4-5,14-15,17H2,1-3H3. The molecule has 2 aromatic carbocycles. The molecule has 3 rings (SSSR count). The number of amides is 1. The van der Waals surface area contributed by atoms with Crippen LogP contribution in [0.25, 0.3) is 11.4 Å². The van der Waals surface area contributed by atoms with Gasteiger partial charge in [0.25, 0.3) is 0 Å². The van der Waals surface area contributed by atoms with Crippen molar-refractivity contribution in [2.24, 2.45) is 0 Å². The number of nitriles is 1. The average Bonchev–Trinajstić information content (AvgIpc) is 3.28. The lowest BCUT2D eigenvalue weighted by atomic mass is 10.0. The topological polar surface area (TPSA) is 92.2 Å². The molecule has 7 heteroatoms. The van der Waals surface area contributed by atoms with Gasteiger partial charge in [0, 0.05) is 30.6 Å². The lowest BCUT2D eigenvalue weighted by molar-refractivity contribution is -0.118. The molecule has 0 N–H and O–H groups in total. The number of aryl methyl sites for hydroxylation is 1. The van der Waals surface area contributed by atoms with E-state index < -0.39 is 0 Å². The van der Waals surface area contributed by atoms with Crippen molar-refractivity contribution < 1.29 is 14.1 Å². The molecule has 0 saturated carbocycles. The van der Waals surface area contributed by atoms with Gasteiger partial charge in [-0.15, -0.1) is 0 Å². The highest BCUT2D eigenvalue weighted by molar-refractivity contribution is 5.93. The van der Waals surface area contributed by atoms with E-state index in [4.69, 9.17) is 14.5 Å². The molecule has 1 amide bonds. The normalized spacial score (nSPS) is 10.7. The van der Waals surface area contributed by atoms with Crippen molar-refractivity contribution in [2.45, 2.75) is 46.0 Å². The van der Waals surface area contributed by atoms with Gasteiger partial charge >= 0.3 is 0 Å². The Bertz CT molecular complexity index is 1050. The molecule has 0 aliphatic rings. The maximum Gasteiger partial charge on any atom is 0.227 e. The number of benzene rings is 2. The molecule has 32 heavy (non-hydrogen) atoms. The zero-order valence-electron chi connectivity index (χ0n) is 18.7. The third-order valence-electron chi connectivity index (χ3n) is 5.06. The molecule has 3 aromatic rings. The molecule has 0 spiro atoms. The van der Waals surface area contributed by atoms with Crippen molar-refractivity contribution >= 4 is 11.6 Å². The van der Waals surface area contributed by atoms with Crippen LogP contribution in [-0.2, 0) is 11.2 Å². The molecule has 0 aliphatic carbocycles. The zero-order valence-corrected chi connectivity index (χ0v) is 18.7. The number of rotatable bonds is 10. The maximum absolute atomic E-state index is 12.9. The first-order valence-corrected chi connectivity index (χ1v) is 10.8. The smallest absolute Gasteiger partial charge is 0.227 e. The predicted octanol–water partition coefficient (Wildman–Crippen LogP) is 5.14. The summed E-state index contributed by atoms with van der Waals surface area (Å²) in [7, 11) is 0. The van der Waals surface area contributed by atoms with E-state index in [9.17, 15) is 4.79 Å². The summed E-state index contributed by atoms with van der Waals surface area (Å²) in [6, 6.07) is 17.5. The summed E-state index contributed by atoms with van der Waals surface area (Å²) in [5, 5.41) is 13.0. The third-order valence-corrected chi connectivity index (χ3v) is 5.06. The van der Waals surface area contributed by atoms with Gasteiger partial charge in [-0.25, -0.2) is 0 Å². The van der Waals surface area contributed by atoms with Crippen LogP contribution in [0.15, 0.2) is 53.1 Å². The van der Waals surface area contributed by atoms with Crippen molar-refractivity contribution in [3.63, 3.8) is 0 Å². The van der Waals surface area contributed by atoms with E-state index in [2.05, 4.69) is 42.2 Å². The Kier molecular flexibility index (Phi) is 7.98. The fourth-order valence-corrected chi connectivity index (χ4v) is 3.29. The Hall–Kier alpha value is -3.66. The Labute approximate surface area is 188 Å². The van der Waals surface area contributed by atoms with Crippen LogP contribution in [0.1, 0.15) is 51.0 Å². The van der Waals surface area contributed by atoms with Crippen LogP contribution in [0.2, 0.25) is 0 Å². The zero-order chi connectivity index (χ0) is 22.9. The van der Waals surface area contributed by atoms with E-state index in [0.717, 1.165) is 17.0 Å². The molecule has 1 heterocycles. The van der Waals surface area contributed by atoms with E-state index in [1.54, 1.807) is 4.90 Å². The largest absolute Gasteiger partial charge is 0.494 e. The molecule has 0 atom stereocenters. The number of carbonyl (C=O) groups is 1. The van der Waals surface area contributed by atoms with Crippen LogP contribution >= 0.6 is 0 Å². The maximum atomic E-state index is 12.9. The third kappa shape index (κ3) is 5.94. The van der Waals surface area contributed by atoms with E-state index in [-0.39, 0.29) is 18.7 Å². The minimum atomic E-state index is -0.106. The molecule has 1 aromatic heterocycles. The first-order valence-electron chi connectivity index (χ1n) is 10.8. The molecule has 0 saturated heterocycles. The molecule has 0 aliphatic heterocycles. The highest BCUT2D eigenvalue weighted by Gasteiger charge is 2.18. The van der Waals surface area contributed by atoms with Gasteiger partial charge in [-0.3, -0.25) is 4.79 Å². The molecule has 0 fully saturated rings. The molecule has 7 nitrogen and oxygen atoms in total. The van der Waals surface area contributed by atoms with Gasteiger partial charge in [-0.2, -0.15) is 10.2 Å². The van der Waals surface area contributed by atoms with E-state index in [0.29, 0.717) is 37.2 Å². The van der Waals surface area contributed by atoms with Gasteiger partial charge in [0.05, 0.1) is 19.1 Å². The number of anilines is 1. The van der Waals surface area contributed by atoms with Crippen LogP contribution in [-0.4, -0.2) is 29.2 Å². The summed E-state index contributed by atoms with van der Waals surface area (Å²) in [5.41, 5.74) is 2.85. The van der Waals surface area contributed by atoms with Crippen molar-refractivity contribution in [3.8, 4) is 23.2 Å². The molecular weight excluding hydrogens is 404 g/mol. The number of hydrogen-bond acceptors (Lipinski definition) is 6. The SMILES string of the molecule is CCOc1ccc(N(CCC#N)C(=O)CCc2nc(-c3ccc(C(C)C)cc3)no2)cc1. The quantitative estimate of drug-likeness (QED) is 0.440. The Morgan fingerprint density at radius 3 is 2.50 bits per heavy atom. The molecule has 0 bridgehead atoms. The highest BCUT2D eigenvalue weighted by atomic mass is 16.5. The number of hydrogen-bond donors (Lipinski definition) is 0.